The number of aliphatic hydroxyl groups is 1. The Balaban J connectivity index is 1.20. The minimum atomic E-state index is -0.674. The summed E-state index contributed by atoms with van der Waals surface area (Å²) >= 11 is 0. The zero-order valence-corrected chi connectivity index (χ0v) is 19.6. The van der Waals surface area contributed by atoms with Crippen LogP contribution >= 0.6 is 0 Å². The minimum Gasteiger partial charge on any atom is -0.508 e. The lowest BCUT2D eigenvalue weighted by atomic mass is 10.1. The number of carbonyl (C=O) groups excluding carboxylic acids is 1. The first-order chi connectivity index (χ1) is 16.6. The number of hydrogen-bond donors (Lipinski definition) is 4. The molecule has 0 heterocycles. The molecule has 1 aliphatic rings. The number of amides is 1. The first kappa shape index (κ1) is 25.8. The molecule has 2 aromatic carbocycles. The maximum Gasteiger partial charge on any atom is 0.224 e. The molecule has 0 saturated heterocycles. The molecule has 0 spiro atoms. The van der Waals surface area contributed by atoms with Gasteiger partial charge in [-0.15, -0.1) is 0 Å². The van der Waals surface area contributed by atoms with Gasteiger partial charge < -0.3 is 35.1 Å². The van der Waals surface area contributed by atoms with Crippen molar-refractivity contribution >= 4 is 5.91 Å². The van der Waals surface area contributed by atoms with Crippen LogP contribution in [0.3, 0.4) is 0 Å². The zero-order valence-electron chi connectivity index (χ0n) is 19.6. The summed E-state index contributed by atoms with van der Waals surface area (Å²) < 4.78 is 17.1. The van der Waals surface area contributed by atoms with Crippen LogP contribution in [0.1, 0.15) is 31.2 Å². The molecule has 34 heavy (non-hydrogen) atoms. The van der Waals surface area contributed by atoms with Crippen molar-refractivity contribution in [3.8, 4) is 17.2 Å². The molecule has 186 valence electrons. The molecule has 4 N–H and O–H groups in total. The molecule has 0 radical (unpaired) electrons. The van der Waals surface area contributed by atoms with Gasteiger partial charge in [0, 0.05) is 19.6 Å². The molecule has 0 aliphatic heterocycles. The number of ether oxygens (including phenoxy) is 3. The number of rotatable bonds is 15. The second kappa shape index (κ2) is 14.5. The Morgan fingerprint density at radius 2 is 1.74 bits per heavy atom. The molecular weight excluding hydrogens is 436 g/mol. The van der Waals surface area contributed by atoms with Crippen LogP contribution in [0.4, 0.5) is 0 Å². The van der Waals surface area contributed by atoms with Crippen molar-refractivity contribution < 1.29 is 29.2 Å². The number of nitrogens with one attached hydrogen (secondary N) is 2. The van der Waals surface area contributed by atoms with Gasteiger partial charge in [-0.2, -0.15) is 0 Å². The Morgan fingerprint density at radius 1 is 1.00 bits per heavy atom. The van der Waals surface area contributed by atoms with Crippen LogP contribution in [-0.2, 0) is 16.0 Å². The molecule has 2 aromatic rings. The Kier molecular flexibility index (Phi) is 11.0. The van der Waals surface area contributed by atoms with Gasteiger partial charge in [0.15, 0.2) is 0 Å². The van der Waals surface area contributed by atoms with E-state index in [1.54, 1.807) is 24.3 Å². The fourth-order valence-corrected chi connectivity index (χ4v) is 3.79. The maximum atomic E-state index is 11.9. The third kappa shape index (κ3) is 9.99. The van der Waals surface area contributed by atoms with E-state index in [2.05, 4.69) is 10.6 Å². The summed E-state index contributed by atoms with van der Waals surface area (Å²) in [6.07, 6.45) is 4.78. The van der Waals surface area contributed by atoms with Crippen LogP contribution in [-0.4, -0.2) is 67.8 Å². The number of aliphatic hydroxyl groups excluding tert-OH is 1. The van der Waals surface area contributed by atoms with Gasteiger partial charge in [0.05, 0.1) is 19.1 Å². The number of aromatic hydroxyl groups is 1. The van der Waals surface area contributed by atoms with Gasteiger partial charge >= 0.3 is 0 Å². The molecule has 1 amide bonds. The van der Waals surface area contributed by atoms with Crippen molar-refractivity contribution in [2.24, 2.45) is 0 Å². The zero-order chi connectivity index (χ0) is 24.0. The van der Waals surface area contributed by atoms with E-state index in [9.17, 15) is 15.0 Å². The molecule has 3 rings (SSSR count). The highest BCUT2D eigenvalue weighted by molar-refractivity contribution is 5.78. The Labute approximate surface area is 201 Å². The molecule has 8 nitrogen and oxygen atoms in total. The summed E-state index contributed by atoms with van der Waals surface area (Å²) in [6.45, 7) is 2.61. The number of hydrogen-bond acceptors (Lipinski definition) is 7. The Bertz CT molecular complexity index is 855. The van der Waals surface area contributed by atoms with Gasteiger partial charge in [0.1, 0.15) is 36.6 Å². The van der Waals surface area contributed by atoms with Gasteiger partial charge in [-0.25, -0.2) is 0 Å². The molecule has 1 atom stereocenters. The molecule has 1 aliphatic carbocycles. The van der Waals surface area contributed by atoms with E-state index in [4.69, 9.17) is 14.2 Å². The van der Waals surface area contributed by atoms with Crippen molar-refractivity contribution in [1.29, 1.82) is 0 Å². The van der Waals surface area contributed by atoms with Gasteiger partial charge in [-0.3, -0.25) is 4.79 Å². The van der Waals surface area contributed by atoms with Crippen LogP contribution < -0.4 is 20.1 Å². The monoisotopic (exact) mass is 472 g/mol. The lowest BCUT2D eigenvalue weighted by Crippen LogP contribution is -2.37. The van der Waals surface area contributed by atoms with Gasteiger partial charge in [-0.05, 0) is 54.8 Å². The van der Waals surface area contributed by atoms with Crippen LogP contribution in [0.25, 0.3) is 0 Å². The number of carbonyl (C=O) groups is 1. The van der Waals surface area contributed by atoms with E-state index in [1.807, 2.05) is 24.3 Å². The minimum absolute atomic E-state index is 0.120. The van der Waals surface area contributed by atoms with Gasteiger partial charge in [-0.1, -0.05) is 25.0 Å². The summed E-state index contributed by atoms with van der Waals surface area (Å²) in [5.74, 6) is 1.45. The van der Waals surface area contributed by atoms with Crippen molar-refractivity contribution in [2.45, 2.75) is 44.3 Å². The fourth-order valence-electron chi connectivity index (χ4n) is 3.79. The average Bonchev–Trinajstić information content (AvgIpc) is 3.35. The van der Waals surface area contributed by atoms with Gasteiger partial charge in [0.2, 0.25) is 5.91 Å². The van der Waals surface area contributed by atoms with Crippen LogP contribution in [0.15, 0.2) is 48.5 Å². The predicted molar refractivity (Wildman–Crippen MR) is 129 cm³/mol. The van der Waals surface area contributed by atoms with Crippen LogP contribution in [0.2, 0.25) is 0 Å². The highest BCUT2D eigenvalue weighted by Crippen LogP contribution is 2.21. The lowest BCUT2D eigenvalue weighted by molar-refractivity contribution is -0.120. The summed E-state index contributed by atoms with van der Waals surface area (Å²) in [7, 11) is 0. The average molecular weight is 473 g/mol. The summed E-state index contributed by atoms with van der Waals surface area (Å²) in [5, 5.41) is 25.4. The fraction of sp³-hybridized carbons (Fsp3) is 0.500. The normalized spacial score (nSPS) is 14.6. The SMILES string of the molecule is O=C(Cc1cccc(O)c1)NCCNCC(O)COc1ccc(OCCOC2CCCC2)cc1. The molecule has 1 saturated carbocycles. The van der Waals surface area contributed by atoms with Crippen LogP contribution in [0, 0.1) is 0 Å². The molecule has 1 unspecified atom stereocenters. The van der Waals surface area contributed by atoms with E-state index in [0.717, 1.165) is 24.2 Å². The van der Waals surface area contributed by atoms with E-state index < -0.39 is 6.10 Å². The van der Waals surface area contributed by atoms with Crippen molar-refractivity contribution in [2.75, 3.05) is 39.5 Å². The van der Waals surface area contributed by atoms with E-state index in [1.165, 1.54) is 12.8 Å². The topological polar surface area (TPSA) is 109 Å². The summed E-state index contributed by atoms with van der Waals surface area (Å²) in [6, 6.07) is 14.0. The molecular formula is C26H36N2O6. The van der Waals surface area contributed by atoms with E-state index in [0.29, 0.717) is 44.7 Å². The first-order valence-electron chi connectivity index (χ1n) is 12.0. The van der Waals surface area contributed by atoms with Crippen LogP contribution in [0.5, 0.6) is 17.2 Å². The predicted octanol–water partition coefficient (Wildman–Crippen LogP) is 2.42. The summed E-state index contributed by atoms with van der Waals surface area (Å²) in [5.41, 5.74) is 0.756. The third-order valence-electron chi connectivity index (χ3n) is 5.55. The summed E-state index contributed by atoms with van der Waals surface area (Å²) in [4.78, 5) is 11.9. The molecule has 1 fully saturated rings. The smallest absolute Gasteiger partial charge is 0.224 e. The standard InChI is InChI=1S/C26H36N2O6/c29-21-5-3-4-20(16-21)17-26(31)28-13-12-27-18-22(30)19-34-25-10-8-24(9-11-25)33-15-14-32-23-6-1-2-7-23/h3-5,8-11,16,22-23,27,29-30H,1-2,6-7,12-15,17-19H2,(H,28,31). The highest BCUT2D eigenvalue weighted by atomic mass is 16.5. The molecule has 0 aromatic heterocycles. The maximum absolute atomic E-state index is 11.9. The second-order valence-electron chi connectivity index (χ2n) is 8.46. The quantitative estimate of drug-likeness (QED) is 0.295. The van der Waals surface area contributed by atoms with Crippen molar-refractivity contribution in [3.05, 3.63) is 54.1 Å². The number of phenols is 1. The third-order valence-corrected chi connectivity index (χ3v) is 5.55. The highest BCUT2D eigenvalue weighted by Gasteiger charge is 2.14. The Hall–Kier alpha value is -2.81. The Morgan fingerprint density at radius 3 is 2.47 bits per heavy atom. The van der Waals surface area contributed by atoms with Crippen molar-refractivity contribution in [3.63, 3.8) is 0 Å². The van der Waals surface area contributed by atoms with E-state index >= 15 is 0 Å². The lowest BCUT2D eigenvalue weighted by Gasteiger charge is -2.14. The first-order valence-corrected chi connectivity index (χ1v) is 12.0. The second-order valence-corrected chi connectivity index (χ2v) is 8.46. The molecule has 8 heteroatoms. The number of phenolic OH excluding ortho intramolecular Hbond substituents is 1. The van der Waals surface area contributed by atoms with E-state index in [-0.39, 0.29) is 24.7 Å². The van der Waals surface area contributed by atoms with Gasteiger partial charge in [0.25, 0.3) is 0 Å². The largest absolute Gasteiger partial charge is 0.508 e. The van der Waals surface area contributed by atoms with Crippen molar-refractivity contribution in [1.82, 2.24) is 10.6 Å². The molecule has 0 bridgehead atoms. The number of benzene rings is 2.